The van der Waals surface area contributed by atoms with Crippen LogP contribution in [-0.4, -0.2) is 109 Å². The first-order valence-corrected chi connectivity index (χ1v) is 14.9. The second kappa shape index (κ2) is 14.9. The van der Waals surface area contributed by atoms with Gasteiger partial charge in [-0.25, -0.2) is 14.4 Å². The van der Waals surface area contributed by atoms with E-state index in [2.05, 4.69) is 0 Å². The summed E-state index contributed by atoms with van der Waals surface area (Å²) in [6.45, 7) is -1.33. The van der Waals surface area contributed by atoms with Crippen molar-refractivity contribution < 1.29 is 73.5 Å². The van der Waals surface area contributed by atoms with Gasteiger partial charge in [0.15, 0.2) is 18.0 Å². The topological polar surface area (TPSA) is 236 Å². The molecule has 6 N–H and O–H groups in total. The van der Waals surface area contributed by atoms with Crippen LogP contribution in [0.2, 0.25) is 0 Å². The van der Waals surface area contributed by atoms with Crippen molar-refractivity contribution in [1.29, 1.82) is 0 Å². The fraction of sp³-hybridized carbons (Fsp3) is 0.294. The van der Waals surface area contributed by atoms with Crippen molar-refractivity contribution in [3.05, 3.63) is 108 Å². The lowest BCUT2D eigenvalue weighted by atomic mass is 9.83. The normalized spacial score (nSPS) is 27.9. The van der Waals surface area contributed by atoms with Gasteiger partial charge in [0.1, 0.15) is 49.1 Å². The smallest absolute Gasteiger partial charge is 0.344 e. The number of ether oxygens (including phenoxy) is 5. The first kappa shape index (κ1) is 35.2. The van der Waals surface area contributed by atoms with Crippen molar-refractivity contribution in [3.63, 3.8) is 0 Å². The van der Waals surface area contributed by atoms with Crippen LogP contribution in [0.15, 0.2) is 91.0 Å². The fourth-order valence-corrected chi connectivity index (χ4v) is 5.08. The standard InChI is InChI=1S/C34H32O15/c35-21-11-13-23(20(15-21)16-46-33(43)34(44)25(37)14-12-22(36)29(34)40)47-32-27(39)26(38)28(49-31(42)19-9-5-2-6-10-19)24(48-32)17-45-30(41)18-7-3-1-4-8-18/h1-15,24-29,32,35,37-40,44H,16-17H2/t24-,25-,26-,27-,28-,29+,32-,34-/m0/s1. The van der Waals surface area contributed by atoms with Gasteiger partial charge in [-0.15, -0.1) is 0 Å². The molecule has 1 aliphatic heterocycles. The SMILES string of the molecule is O=C(OC[C@@H]1O[C@H](Oc2ccc(O)cc2COC(=O)[C@@]2(O)[C@H](O)C(=O)C=C[C@@H]2O)[C@@H](O)[C@H](O)[C@H]1OC(=O)c1ccccc1)c1ccccc1. The number of benzene rings is 3. The Morgan fingerprint density at radius 1 is 0.816 bits per heavy atom. The third-order valence-corrected chi connectivity index (χ3v) is 7.83. The van der Waals surface area contributed by atoms with E-state index >= 15 is 0 Å². The predicted molar refractivity (Wildman–Crippen MR) is 163 cm³/mol. The van der Waals surface area contributed by atoms with E-state index in [0.29, 0.717) is 0 Å². The van der Waals surface area contributed by atoms with Crippen LogP contribution in [0.1, 0.15) is 26.3 Å². The van der Waals surface area contributed by atoms with Crippen molar-refractivity contribution in [2.75, 3.05) is 6.61 Å². The molecule has 1 heterocycles. The Kier molecular flexibility index (Phi) is 10.7. The first-order valence-electron chi connectivity index (χ1n) is 14.9. The molecule has 258 valence electrons. The van der Waals surface area contributed by atoms with E-state index < -0.39 is 85.4 Å². The molecule has 8 atom stereocenters. The molecule has 0 amide bonds. The Labute approximate surface area is 278 Å². The third kappa shape index (κ3) is 7.62. The van der Waals surface area contributed by atoms with Gasteiger partial charge >= 0.3 is 17.9 Å². The quantitative estimate of drug-likeness (QED) is 0.122. The number of esters is 3. The molecule has 1 fully saturated rings. The lowest BCUT2D eigenvalue weighted by Crippen LogP contribution is -2.62. The summed E-state index contributed by atoms with van der Waals surface area (Å²) in [5.41, 5.74) is -2.79. The van der Waals surface area contributed by atoms with Crippen molar-refractivity contribution >= 4 is 23.7 Å². The average Bonchev–Trinajstić information content (AvgIpc) is 3.11. The van der Waals surface area contributed by atoms with Crippen LogP contribution in [0.25, 0.3) is 0 Å². The van der Waals surface area contributed by atoms with Crippen molar-refractivity contribution in [3.8, 4) is 11.5 Å². The summed E-state index contributed by atoms with van der Waals surface area (Å²) >= 11 is 0. The summed E-state index contributed by atoms with van der Waals surface area (Å²) in [6.07, 6.45) is -11.1. The van der Waals surface area contributed by atoms with Gasteiger partial charge in [0.05, 0.1) is 11.1 Å². The monoisotopic (exact) mass is 680 g/mol. The number of ketones is 1. The van der Waals surface area contributed by atoms with Crippen LogP contribution in [0, 0.1) is 0 Å². The molecular weight excluding hydrogens is 648 g/mol. The van der Waals surface area contributed by atoms with Gasteiger partial charge in [-0.1, -0.05) is 36.4 Å². The Balaban J connectivity index is 1.35. The fourth-order valence-electron chi connectivity index (χ4n) is 5.08. The largest absolute Gasteiger partial charge is 0.508 e. The maximum absolute atomic E-state index is 12.9. The zero-order valence-electron chi connectivity index (χ0n) is 25.5. The molecule has 49 heavy (non-hydrogen) atoms. The number of rotatable bonds is 10. The van der Waals surface area contributed by atoms with E-state index in [9.17, 15) is 49.8 Å². The molecule has 1 saturated heterocycles. The van der Waals surface area contributed by atoms with Crippen LogP contribution in [0.4, 0.5) is 0 Å². The summed E-state index contributed by atoms with van der Waals surface area (Å²) in [5.74, 6) is -4.78. The Morgan fingerprint density at radius 2 is 1.45 bits per heavy atom. The summed E-state index contributed by atoms with van der Waals surface area (Å²) in [5, 5.41) is 63.1. The Morgan fingerprint density at radius 3 is 2.10 bits per heavy atom. The van der Waals surface area contributed by atoms with Crippen molar-refractivity contribution in [2.24, 2.45) is 0 Å². The molecule has 0 aromatic heterocycles. The van der Waals surface area contributed by atoms with Crippen LogP contribution in [0.3, 0.4) is 0 Å². The summed E-state index contributed by atoms with van der Waals surface area (Å²) in [4.78, 5) is 50.2. The highest BCUT2D eigenvalue weighted by Gasteiger charge is 2.55. The highest BCUT2D eigenvalue weighted by Crippen LogP contribution is 2.32. The van der Waals surface area contributed by atoms with Crippen molar-refractivity contribution in [1.82, 2.24) is 0 Å². The summed E-state index contributed by atoms with van der Waals surface area (Å²) in [6, 6.07) is 19.2. The molecular formula is C34H32O15. The number of aromatic hydroxyl groups is 1. The van der Waals surface area contributed by atoms with E-state index in [-0.39, 0.29) is 28.2 Å². The lowest BCUT2D eigenvalue weighted by molar-refractivity contribution is -0.276. The van der Waals surface area contributed by atoms with E-state index in [1.807, 2.05) is 0 Å². The molecule has 0 radical (unpaired) electrons. The zero-order chi connectivity index (χ0) is 35.3. The van der Waals surface area contributed by atoms with Crippen LogP contribution in [-0.2, 0) is 35.1 Å². The van der Waals surface area contributed by atoms with E-state index in [1.54, 1.807) is 36.4 Å². The first-order chi connectivity index (χ1) is 23.4. The van der Waals surface area contributed by atoms with Crippen LogP contribution in [0.5, 0.6) is 11.5 Å². The van der Waals surface area contributed by atoms with Gasteiger partial charge in [0, 0.05) is 5.56 Å². The van der Waals surface area contributed by atoms with Gasteiger partial charge in [0.2, 0.25) is 11.9 Å². The second-order valence-corrected chi connectivity index (χ2v) is 11.1. The molecule has 3 aromatic carbocycles. The number of aliphatic hydroxyl groups excluding tert-OH is 4. The lowest BCUT2D eigenvalue weighted by Gasteiger charge is -2.41. The maximum atomic E-state index is 12.9. The highest BCUT2D eigenvalue weighted by atomic mass is 16.7. The van der Waals surface area contributed by atoms with Crippen LogP contribution >= 0.6 is 0 Å². The molecule has 0 bridgehead atoms. The number of phenolic OH excluding ortho intramolecular Hbond substituents is 1. The van der Waals surface area contributed by atoms with Crippen LogP contribution < -0.4 is 4.74 Å². The van der Waals surface area contributed by atoms with Gasteiger partial charge in [-0.2, -0.15) is 0 Å². The number of hydrogen-bond donors (Lipinski definition) is 6. The second-order valence-electron chi connectivity index (χ2n) is 11.1. The third-order valence-electron chi connectivity index (χ3n) is 7.83. The van der Waals surface area contributed by atoms with E-state index in [4.69, 9.17) is 23.7 Å². The molecule has 0 unspecified atom stereocenters. The summed E-state index contributed by atoms with van der Waals surface area (Å²) < 4.78 is 27.6. The maximum Gasteiger partial charge on any atom is 0.344 e. The molecule has 1 aliphatic carbocycles. The number of carbonyl (C=O) groups excluding carboxylic acids is 4. The number of carbonyl (C=O) groups is 4. The average molecular weight is 681 g/mol. The number of aliphatic hydroxyl groups is 5. The van der Waals surface area contributed by atoms with Gasteiger partial charge in [-0.3, -0.25) is 4.79 Å². The Hall–Kier alpha value is -5.16. The molecule has 2 aliphatic rings. The molecule has 15 heteroatoms. The molecule has 3 aromatic rings. The number of hydrogen-bond acceptors (Lipinski definition) is 15. The molecule has 5 rings (SSSR count). The van der Waals surface area contributed by atoms with Gasteiger partial charge in [-0.05, 0) is 54.6 Å². The molecule has 0 spiro atoms. The Bertz CT molecular complexity index is 1690. The summed E-state index contributed by atoms with van der Waals surface area (Å²) in [7, 11) is 0. The van der Waals surface area contributed by atoms with Gasteiger partial charge in [0.25, 0.3) is 0 Å². The van der Waals surface area contributed by atoms with E-state index in [1.165, 1.54) is 36.4 Å². The molecule has 0 saturated carbocycles. The highest BCUT2D eigenvalue weighted by molar-refractivity contribution is 6.01. The van der Waals surface area contributed by atoms with E-state index in [0.717, 1.165) is 18.2 Å². The predicted octanol–water partition coefficient (Wildman–Crippen LogP) is -0.0647. The number of phenols is 1. The van der Waals surface area contributed by atoms with Gasteiger partial charge < -0.3 is 54.3 Å². The minimum atomic E-state index is -3.03. The zero-order valence-corrected chi connectivity index (χ0v) is 25.5. The minimum Gasteiger partial charge on any atom is -0.508 e. The van der Waals surface area contributed by atoms with Crippen molar-refractivity contribution in [2.45, 2.75) is 55.1 Å². The molecule has 15 nitrogen and oxygen atoms in total. The minimum absolute atomic E-state index is 0.0893.